The van der Waals surface area contributed by atoms with Crippen LogP contribution >= 0.6 is 0 Å². The molecule has 17 heavy (non-hydrogen) atoms. The normalized spacial score (nSPS) is 13.6. The molecular weight excluding hydrogens is 247 g/mol. The number of sulfonamides is 1. The molecule has 0 bridgehead atoms. The Morgan fingerprint density at radius 2 is 2.18 bits per heavy atom. The van der Waals surface area contributed by atoms with E-state index in [0.29, 0.717) is 6.42 Å². The van der Waals surface area contributed by atoms with Crippen LogP contribution in [0.25, 0.3) is 0 Å². The fourth-order valence-electron chi connectivity index (χ4n) is 1.30. The lowest BCUT2D eigenvalue weighted by atomic mass is 10.3. The van der Waals surface area contributed by atoms with Crippen LogP contribution in [0.15, 0.2) is 23.1 Å². The maximum Gasteiger partial charge on any atom is 0.242 e. The van der Waals surface area contributed by atoms with Crippen molar-refractivity contribution in [2.45, 2.75) is 24.3 Å². The fourth-order valence-corrected chi connectivity index (χ4v) is 2.72. The number of anilines is 1. The van der Waals surface area contributed by atoms with E-state index in [1.807, 2.05) is 0 Å². The topological polar surface area (TPSA) is 92.4 Å². The smallest absolute Gasteiger partial charge is 0.242 e. The molecule has 1 aromatic rings. The first kappa shape index (κ1) is 13.9. The molecule has 7 heteroatoms. The van der Waals surface area contributed by atoms with E-state index in [4.69, 9.17) is 10.8 Å². The number of nitrogens with one attached hydrogen (secondary N) is 1. The Balaban J connectivity index is 3.05. The third-order valence-electron chi connectivity index (χ3n) is 2.30. The van der Waals surface area contributed by atoms with Crippen LogP contribution in [-0.2, 0) is 10.0 Å². The Hall–Kier alpha value is -1.18. The van der Waals surface area contributed by atoms with Crippen LogP contribution in [-0.4, -0.2) is 26.2 Å². The molecule has 0 fully saturated rings. The molecule has 1 atom stereocenters. The van der Waals surface area contributed by atoms with Gasteiger partial charge in [0.05, 0.1) is 12.3 Å². The molecule has 0 radical (unpaired) electrons. The van der Waals surface area contributed by atoms with Crippen molar-refractivity contribution in [2.75, 3.05) is 12.3 Å². The van der Waals surface area contributed by atoms with Gasteiger partial charge in [0.1, 0.15) is 10.7 Å². The molecular formula is C10H15FN2O3S. The lowest BCUT2D eigenvalue weighted by molar-refractivity contribution is 0.254. The van der Waals surface area contributed by atoms with Crippen molar-refractivity contribution in [2.24, 2.45) is 0 Å². The summed E-state index contributed by atoms with van der Waals surface area (Å²) in [5, 5.41) is 8.93. The Morgan fingerprint density at radius 3 is 2.65 bits per heavy atom. The number of aliphatic hydroxyl groups is 1. The Kier molecular flexibility index (Phi) is 4.44. The number of rotatable bonds is 5. The number of aliphatic hydroxyl groups excluding tert-OH is 1. The van der Waals surface area contributed by atoms with Crippen molar-refractivity contribution in [3.05, 3.63) is 24.0 Å². The maximum absolute atomic E-state index is 12.8. The molecule has 0 aromatic heterocycles. The third kappa shape index (κ3) is 3.39. The summed E-state index contributed by atoms with van der Waals surface area (Å²) in [5.41, 5.74) is 5.28. The molecule has 0 amide bonds. The quantitative estimate of drug-likeness (QED) is 0.672. The number of nitrogen functional groups attached to an aromatic ring is 1. The molecule has 1 rings (SSSR count). The van der Waals surface area contributed by atoms with Crippen LogP contribution in [0.1, 0.15) is 13.3 Å². The molecule has 96 valence electrons. The van der Waals surface area contributed by atoms with E-state index in [2.05, 4.69) is 4.72 Å². The molecule has 0 aliphatic carbocycles. The second kappa shape index (κ2) is 5.44. The lowest BCUT2D eigenvalue weighted by Crippen LogP contribution is -2.37. The minimum absolute atomic E-state index is 0.162. The highest BCUT2D eigenvalue weighted by Gasteiger charge is 2.21. The SMILES string of the molecule is CCC(CO)NS(=O)(=O)c1ccc(F)cc1N. The van der Waals surface area contributed by atoms with Crippen molar-refractivity contribution >= 4 is 15.7 Å². The molecule has 0 aliphatic rings. The van der Waals surface area contributed by atoms with E-state index in [1.165, 1.54) is 0 Å². The predicted octanol–water partition coefficient (Wildman–Crippen LogP) is 0.457. The molecule has 0 spiro atoms. The van der Waals surface area contributed by atoms with Crippen molar-refractivity contribution in [1.82, 2.24) is 4.72 Å². The second-order valence-electron chi connectivity index (χ2n) is 3.59. The van der Waals surface area contributed by atoms with Crippen LogP contribution in [0, 0.1) is 5.82 Å². The summed E-state index contributed by atoms with van der Waals surface area (Å²) in [7, 11) is -3.83. The molecule has 0 heterocycles. The molecule has 1 unspecified atom stereocenters. The number of nitrogens with two attached hydrogens (primary N) is 1. The summed E-state index contributed by atoms with van der Waals surface area (Å²) < 4.78 is 38.8. The van der Waals surface area contributed by atoms with E-state index in [1.54, 1.807) is 6.92 Å². The van der Waals surface area contributed by atoms with Crippen molar-refractivity contribution < 1.29 is 17.9 Å². The van der Waals surface area contributed by atoms with Crippen LogP contribution in [0.3, 0.4) is 0 Å². The van der Waals surface area contributed by atoms with Gasteiger partial charge in [0.2, 0.25) is 10.0 Å². The summed E-state index contributed by atoms with van der Waals surface area (Å²) in [6.45, 7) is 1.42. The highest BCUT2D eigenvalue weighted by Crippen LogP contribution is 2.19. The highest BCUT2D eigenvalue weighted by atomic mass is 32.2. The summed E-state index contributed by atoms with van der Waals surface area (Å²) in [5.74, 6) is -0.601. The number of hydrogen-bond donors (Lipinski definition) is 3. The number of benzene rings is 1. The average molecular weight is 262 g/mol. The van der Waals surface area contributed by atoms with E-state index in [-0.39, 0.29) is 17.2 Å². The van der Waals surface area contributed by atoms with Gasteiger partial charge in [-0.1, -0.05) is 6.92 Å². The van der Waals surface area contributed by atoms with Crippen molar-refractivity contribution in [3.8, 4) is 0 Å². The lowest BCUT2D eigenvalue weighted by Gasteiger charge is -2.15. The van der Waals surface area contributed by atoms with Gasteiger partial charge in [-0.25, -0.2) is 17.5 Å². The zero-order chi connectivity index (χ0) is 13.1. The Bertz CT molecular complexity index is 486. The van der Waals surface area contributed by atoms with Crippen LogP contribution in [0.5, 0.6) is 0 Å². The largest absolute Gasteiger partial charge is 0.398 e. The zero-order valence-corrected chi connectivity index (χ0v) is 10.2. The molecule has 5 nitrogen and oxygen atoms in total. The molecule has 0 aliphatic heterocycles. The van der Waals surface area contributed by atoms with Gasteiger partial charge in [0.15, 0.2) is 0 Å². The first-order chi connectivity index (χ1) is 7.90. The van der Waals surface area contributed by atoms with Crippen molar-refractivity contribution in [1.29, 1.82) is 0 Å². The summed E-state index contributed by atoms with van der Waals surface area (Å²) in [6.07, 6.45) is 0.441. The van der Waals surface area contributed by atoms with E-state index in [0.717, 1.165) is 18.2 Å². The summed E-state index contributed by atoms with van der Waals surface area (Å²) in [6, 6.07) is 2.47. The van der Waals surface area contributed by atoms with Crippen LogP contribution in [0.2, 0.25) is 0 Å². The van der Waals surface area contributed by atoms with Gasteiger partial charge >= 0.3 is 0 Å². The van der Waals surface area contributed by atoms with Gasteiger partial charge < -0.3 is 10.8 Å². The first-order valence-corrected chi connectivity index (χ1v) is 6.57. The molecule has 0 saturated carbocycles. The van der Waals surface area contributed by atoms with Crippen LogP contribution in [0.4, 0.5) is 10.1 Å². The molecule has 1 aromatic carbocycles. The average Bonchev–Trinajstić information content (AvgIpc) is 2.25. The van der Waals surface area contributed by atoms with Gasteiger partial charge in [-0.15, -0.1) is 0 Å². The monoisotopic (exact) mass is 262 g/mol. The third-order valence-corrected chi connectivity index (χ3v) is 3.89. The van der Waals surface area contributed by atoms with Crippen LogP contribution < -0.4 is 10.5 Å². The minimum atomic E-state index is -3.83. The van der Waals surface area contributed by atoms with Gasteiger partial charge in [-0.3, -0.25) is 0 Å². The zero-order valence-electron chi connectivity index (χ0n) is 9.35. The maximum atomic E-state index is 12.8. The summed E-state index contributed by atoms with van der Waals surface area (Å²) in [4.78, 5) is -0.189. The van der Waals surface area contributed by atoms with Gasteiger partial charge in [-0.2, -0.15) is 0 Å². The second-order valence-corrected chi connectivity index (χ2v) is 5.27. The van der Waals surface area contributed by atoms with E-state index >= 15 is 0 Å². The summed E-state index contributed by atoms with van der Waals surface area (Å²) >= 11 is 0. The van der Waals surface area contributed by atoms with Crippen molar-refractivity contribution in [3.63, 3.8) is 0 Å². The minimum Gasteiger partial charge on any atom is -0.398 e. The Morgan fingerprint density at radius 1 is 1.53 bits per heavy atom. The predicted molar refractivity (Wildman–Crippen MR) is 62.3 cm³/mol. The van der Waals surface area contributed by atoms with Gasteiger partial charge in [0.25, 0.3) is 0 Å². The molecule has 4 N–H and O–H groups in total. The Labute approximate surface area is 99.5 Å². The first-order valence-electron chi connectivity index (χ1n) is 5.09. The number of hydrogen-bond acceptors (Lipinski definition) is 4. The number of halogens is 1. The van der Waals surface area contributed by atoms with E-state index < -0.39 is 21.9 Å². The van der Waals surface area contributed by atoms with E-state index in [9.17, 15) is 12.8 Å². The highest BCUT2D eigenvalue weighted by molar-refractivity contribution is 7.89. The standard InChI is InChI=1S/C10H15FN2O3S/c1-2-8(6-14)13-17(15,16)10-4-3-7(11)5-9(10)12/h3-5,8,13-14H,2,6,12H2,1H3. The van der Waals surface area contributed by atoms with Gasteiger partial charge in [0, 0.05) is 6.04 Å². The fraction of sp³-hybridized carbons (Fsp3) is 0.400. The van der Waals surface area contributed by atoms with Gasteiger partial charge in [-0.05, 0) is 24.6 Å². The molecule has 0 saturated heterocycles.